The third kappa shape index (κ3) is 4.05. The van der Waals surface area contributed by atoms with Gasteiger partial charge in [0.05, 0.1) is 6.42 Å². The van der Waals surface area contributed by atoms with Crippen LogP contribution in [0.25, 0.3) is 0 Å². The van der Waals surface area contributed by atoms with E-state index in [0.717, 1.165) is 5.56 Å². The van der Waals surface area contributed by atoms with Crippen LogP contribution >= 0.6 is 0 Å². The first-order valence-corrected chi connectivity index (χ1v) is 6.75. The number of hydroxylamine groups is 2. The van der Waals surface area contributed by atoms with Gasteiger partial charge in [-0.3, -0.25) is 9.59 Å². The van der Waals surface area contributed by atoms with Crippen LogP contribution in [0.2, 0.25) is 0 Å². The Morgan fingerprint density at radius 1 is 1.19 bits per heavy atom. The summed E-state index contributed by atoms with van der Waals surface area (Å²) >= 11 is 0. The largest absolute Gasteiger partial charge is 0.490 e. The van der Waals surface area contributed by atoms with E-state index >= 15 is 0 Å². The molecule has 1 aromatic rings. The van der Waals surface area contributed by atoms with Crippen LogP contribution in [0.1, 0.15) is 31.7 Å². The minimum Gasteiger partial charge on any atom is -0.490 e. The zero-order valence-corrected chi connectivity index (χ0v) is 12.0. The molecule has 1 aliphatic heterocycles. The highest BCUT2D eigenvalue weighted by molar-refractivity contribution is 6.01. The highest BCUT2D eigenvalue weighted by Gasteiger charge is 2.33. The van der Waals surface area contributed by atoms with Gasteiger partial charge >= 0.3 is 5.97 Å². The van der Waals surface area contributed by atoms with Crippen LogP contribution in [0.3, 0.4) is 0 Å². The molecule has 0 saturated carbocycles. The Hall–Kier alpha value is -2.37. The van der Waals surface area contributed by atoms with Gasteiger partial charge in [0.15, 0.2) is 0 Å². The number of imide groups is 1. The Labute approximate surface area is 122 Å². The maximum atomic E-state index is 11.7. The zero-order chi connectivity index (χ0) is 15.4. The van der Waals surface area contributed by atoms with Crippen molar-refractivity contribution in [3.63, 3.8) is 0 Å². The molecule has 6 heteroatoms. The lowest BCUT2D eigenvalue weighted by Gasteiger charge is -2.16. The minimum atomic E-state index is -0.668. The van der Waals surface area contributed by atoms with Crippen molar-refractivity contribution in [1.29, 1.82) is 0 Å². The van der Waals surface area contributed by atoms with Crippen LogP contribution in [0.4, 0.5) is 0 Å². The van der Waals surface area contributed by atoms with Crippen molar-refractivity contribution < 1.29 is 24.0 Å². The van der Waals surface area contributed by atoms with E-state index in [9.17, 15) is 14.4 Å². The summed E-state index contributed by atoms with van der Waals surface area (Å²) in [6.45, 7) is 3.68. The Kier molecular flexibility index (Phi) is 4.57. The number of benzene rings is 1. The molecule has 1 atom stereocenters. The average molecular weight is 291 g/mol. The highest BCUT2D eigenvalue weighted by atomic mass is 16.7. The van der Waals surface area contributed by atoms with Gasteiger partial charge in [-0.15, -0.1) is 5.06 Å². The summed E-state index contributed by atoms with van der Waals surface area (Å²) in [7, 11) is 0. The number of hydrogen-bond donors (Lipinski definition) is 0. The van der Waals surface area contributed by atoms with E-state index in [4.69, 9.17) is 9.57 Å². The molecule has 0 aliphatic carbocycles. The van der Waals surface area contributed by atoms with E-state index in [1.165, 1.54) is 0 Å². The summed E-state index contributed by atoms with van der Waals surface area (Å²) < 4.78 is 5.57. The molecule has 1 aliphatic rings. The molecule has 0 bridgehead atoms. The standard InChI is InChI=1S/C15H17NO5/c1-10-3-5-12(6-4-10)20-11(2)9-15(19)21-16-13(17)7-8-14(16)18/h3-6,11H,7-9H2,1-2H3. The normalized spacial score (nSPS) is 16.0. The zero-order valence-electron chi connectivity index (χ0n) is 12.0. The first-order chi connectivity index (χ1) is 9.95. The first-order valence-electron chi connectivity index (χ1n) is 6.75. The molecule has 6 nitrogen and oxygen atoms in total. The molecule has 1 fully saturated rings. The Bertz CT molecular complexity index is 536. The maximum Gasteiger partial charge on any atom is 0.336 e. The van der Waals surface area contributed by atoms with Crippen LogP contribution in [0.5, 0.6) is 5.75 Å². The molecule has 2 amide bonds. The predicted octanol–water partition coefficient (Wildman–Crippen LogP) is 1.76. The van der Waals surface area contributed by atoms with Crippen molar-refractivity contribution in [2.24, 2.45) is 0 Å². The summed E-state index contributed by atoms with van der Waals surface area (Å²) in [6.07, 6.45) is -0.304. The molecular weight excluding hydrogens is 274 g/mol. The topological polar surface area (TPSA) is 72.9 Å². The van der Waals surface area contributed by atoms with Gasteiger partial charge in [0, 0.05) is 12.8 Å². The molecular formula is C15H17NO5. The Morgan fingerprint density at radius 3 is 2.33 bits per heavy atom. The van der Waals surface area contributed by atoms with Crippen LogP contribution in [-0.4, -0.2) is 29.0 Å². The van der Waals surface area contributed by atoms with Crippen LogP contribution in [0.15, 0.2) is 24.3 Å². The second-order valence-corrected chi connectivity index (χ2v) is 4.99. The predicted molar refractivity (Wildman–Crippen MR) is 73.1 cm³/mol. The van der Waals surface area contributed by atoms with Crippen molar-refractivity contribution in [2.75, 3.05) is 0 Å². The van der Waals surface area contributed by atoms with Gasteiger partial charge in [-0.2, -0.15) is 0 Å². The quantitative estimate of drug-likeness (QED) is 0.773. The number of hydrogen-bond acceptors (Lipinski definition) is 5. The minimum absolute atomic E-state index is 0.0507. The second kappa shape index (κ2) is 6.39. The van der Waals surface area contributed by atoms with Gasteiger partial charge in [0.25, 0.3) is 11.8 Å². The molecule has 0 N–H and O–H groups in total. The molecule has 1 unspecified atom stereocenters. The number of ether oxygens (including phenoxy) is 1. The van der Waals surface area contributed by atoms with E-state index in [0.29, 0.717) is 10.8 Å². The summed E-state index contributed by atoms with van der Waals surface area (Å²) in [5.41, 5.74) is 1.11. The fourth-order valence-electron chi connectivity index (χ4n) is 1.92. The van der Waals surface area contributed by atoms with Crippen molar-refractivity contribution in [1.82, 2.24) is 5.06 Å². The number of amides is 2. The monoisotopic (exact) mass is 291 g/mol. The summed E-state index contributed by atoms with van der Waals surface area (Å²) in [5.74, 6) is -0.992. The van der Waals surface area contributed by atoms with Crippen LogP contribution in [-0.2, 0) is 19.2 Å². The second-order valence-electron chi connectivity index (χ2n) is 4.99. The van der Waals surface area contributed by atoms with Gasteiger partial charge in [-0.25, -0.2) is 4.79 Å². The summed E-state index contributed by atoms with van der Waals surface area (Å²) in [4.78, 5) is 39.1. The van der Waals surface area contributed by atoms with Crippen molar-refractivity contribution >= 4 is 17.8 Å². The fourth-order valence-corrected chi connectivity index (χ4v) is 1.92. The molecule has 21 heavy (non-hydrogen) atoms. The maximum absolute atomic E-state index is 11.7. The lowest BCUT2D eigenvalue weighted by Crippen LogP contribution is -2.33. The molecule has 1 aromatic carbocycles. The number of carbonyl (C=O) groups is 3. The van der Waals surface area contributed by atoms with Gasteiger partial charge < -0.3 is 9.57 Å². The third-order valence-electron chi connectivity index (χ3n) is 3.01. The number of aryl methyl sites for hydroxylation is 1. The van der Waals surface area contributed by atoms with E-state index in [-0.39, 0.29) is 19.3 Å². The number of nitrogens with zero attached hydrogens (tertiary/aromatic N) is 1. The van der Waals surface area contributed by atoms with Crippen LogP contribution < -0.4 is 4.74 Å². The van der Waals surface area contributed by atoms with E-state index in [1.54, 1.807) is 6.92 Å². The number of rotatable bonds is 5. The molecule has 0 radical (unpaired) electrons. The summed E-state index contributed by atoms with van der Waals surface area (Å²) in [5, 5.41) is 0.543. The average Bonchev–Trinajstić information content (AvgIpc) is 2.73. The van der Waals surface area contributed by atoms with Gasteiger partial charge in [-0.1, -0.05) is 17.7 Å². The van der Waals surface area contributed by atoms with Crippen molar-refractivity contribution in [3.8, 4) is 5.75 Å². The molecule has 112 valence electrons. The van der Waals surface area contributed by atoms with Crippen LogP contribution in [0, 0.1) is 6.92 Å². The SMILES string of the molecule is Cc1ccc(OC(C)CC(=O)ON2C(=O)CCC2=O)cc1. The van der Waals surface area contributed by atoms with Gasteiger partial charge in [0.2, 0.25) is 0 Å². The lowest BCUT2D eigenvalue weighted by molar-refractivity contribution is -0.198. The Balaban J connectivity index is 1.83. The van der Waals surface area contributed by atoms with Crippen molar-refractivity contribution in [3.05, 3.63) is 29.8 Å². The lowest BCUT2D eigenvalue weighted by atomic mass is 10.2. The van der Waals surface area contributed by atoms with E-state index < -0.39 is 23.9 Å². The molecule has 0 aromatic heterocycles. The molecule has 0 spiro atoms. The first kappa shape index (κ1) is 15.0. The smallest absolute Gasteiger partial charge is 0.336 e. The molecule has 2 rings (SSSR count). The van der Waals surface area contributed by atoms with Crippen molar-refractivity contribution in [2.45, 2.75) is 39.2 Å². The number of carbonyl (C=O) groups excluding carboxylic acids is 3. The third-order valence-corrected chi connectivity index (χ3v) is 3.01. The fraction of sp³-hybridized carbons (Fsp3) is 0.400. The Morgan fingerprint density at radius 2 is 1.76 bits per heavy atom. The van der Waals surface area contributed by atoms with E-state index in [1.807, 2.05) is 31.2 Å². The van der Waals surface area contributed by atoms with E-state index in [2.05, 4.69) is 0 Å². The molecule has 1 heterocycles. The van der Waals surface area contributed by atoms with Gasteiger partial charge in [-0.05, 0) is 26.0 Å². The van der Waals surface area contributed by atoms with Gasteiger partial charge in [0.1, 0.15) is 11.9 Å². The summed E-state index contributed by atoms with van der Waals surface area (Å²) in [6, 6.07) is 7.43. The molecule has 1 saturated heterocycles. The highest BCUT2D eigenvalue weighted by Crippen LogP contribution is 2.16.